The van der Waals surface area contributed by atoms with Crippen LogP contribution in [0.5, 0.6) is 0 Å². The number of aryl methyl sites for hydroxylation is 1. The van der Waals surface area contributed by atoms with Gasteiger partial charge in [0.2, 0.25) is 5.95 Å². The molecule has 0 fully saturated rings. The number of carbonyl (C=O) groups is 2. The summed E-state index contributed by atoms with van der Waals surface area (Å²) in [6.45, 7) is 1.84. The van der Waals surface area contributed by atoms with Gasteiger partial charge in [-0.15, -0.1) is 0 Å². The minimum absolute atomic E-state index is 0.0837. The fourth-order valence-electron chi connectivity index (χ4n) is 2.79. The Morgan fingerprint density at radius 3 is 1.90 bits per heavy atom. The van der Waals surface area contributed by atoms with Gasteiger partial charge in [0.15, 0.2) is 5.82 Å². The fourth-order valence-corrected chi connectivity index (χ4v) is 2.79. The predicted octanol–water partition coefficient (Wildman–Crippen LogP) is 3.84. The number of fused-ring (bicyclic) bond motifs is 1. The second-order valence-corrected chi connectivity index (χ2v) is 6.36. The van der Waals surface area contributed by atoms with Gasteiger partial charge in [-0.2, -0.15) is 4.98 Å². The molecule has 2 aromatic carbocycles. The number of carbonyl (C=O) groups excluding carboxylic acids is 2. The maximum absolute atomic E-state index is 12.6. The van der Waals surface area contributed by atoms with Crippen molar-refractivity contribution in [2.75, 3.05) is 10.6 Å². The van der Waals surface area contributed by atoms with E-state index in [1.165, 1.54) is 0 Å². The van der Waals surface area contributed by atoms with Crippen LogP contribution in [-0.2, 0) is 0 Å². The molecule has 7 nitrogen and oxygen atoms in total. The van der Waals surface area contributed by atoms with Crippen molar-refractivity contribution in [3.63, 3.8) is 0 Å². The molecule has 0 atom stereocenters. The van der Waals surface area contributed by atoms with E-state index in [2.05, 4.69) is 25.6 Å². The largest absolute Gasteiger partial charge is 0.305 e. The van der Waals surface area contributed by atoms with E-state index in [1.807, 2.05) is 19.1 Å². The van der Waals surface area contributed by atoms with Gasteiger partial charge in [0.25, 0.3) is 11.8 Å². The number of anilines is 2. The summed E-state index contributed by atoms with van der Waals surface area (Å²) < 4.78 is 0. The Kier molecular flexibility index (Phi) is 4.94. The van der Waals surface area contributed by atoms with Crippen LogP contribution in [0.2, 0.25) is 0 Å². The van der Waals surface area contributed by atoms with Crippen molar-refractivity contribution in [1.82, 2.24) is 15.0 Å². The van der Waals surface area contributed by atoms with Crippen LogP contribution in [-0.4, -0.2) is 26.8 Å². The molecule has 4 aromatic rings. The molecule has 0 spiro atoms. The third-order valence-corrected chi connectivity index (χ3v) is 4.21. The highest BCUT2D eigenvalue weighted by molar-refractivity contribution is 6.08. The quantitative estimate of drug-likeness (QED) is 0.558. The van der Waals surface area contributed by atoms with Crippen molar-refractivity contribution in [2.24, 2.45) is 0 Å². The SMILES string of the molecule is Cc1ccc2nc(NC(=O)c3ccccc3)nc(NC(=O)c3ccccc3)c2n1. The van der Waals surface area contributed by atoms with Crippen molar-refractivity contribution < 1.29 is 9.59 Å². The molecule has 0 radical (unpaired) electrons. The van der Waals surface area contributed by atoms with Crippen LogP contribution in [0.25, 0.3) is 11.0 Å². The van der Waals surface area contributed by atoms with Crippen LogP contribution in [0.3, 0.4) is 0 Å². The maximum atomic E-state index is 12.6. The molecule has 0 saturated carbocycles. The molecule has 2 heterocycles. The highest BCUT2D eigenvalue weighted by Gasteiger charge is 2.15. The van der Waals surface area contributed by atoms with Gasteiger partial charge < -0.3 is 5.32 Å². The molecule has 2 aromatic heterocycles. The van der Waals surface area contributed by atoms with E-state index in [0.717, 1.165) is 5.69 Å². The summed E-state index contributed by atoms with van der Waals surface area (Å²) in [4.78, 5) is 38.2. The van der Waals surface area contributed by atoms with E-state index in [1.54, 1.807) is 60.7 Å². The zero-order chi connectivity index (χ0) is 20.2. The minimum Gasteiger partial charge on any atom is -0.305 e. The van der Waals surface area contributed by atoms with Crippen LogP contribution in [0, 0.1) is 6.92 Å². The number of aromatic nitrogens is 3. The van der Waals surface area contributed by atoms with Crippen molar-refractivity contribution in [3.8, 4) is 0 Å². The molecule has 0 bridgehead atoms. The number of hydrogen-bond acceptors (Lipinski definition) is 5. The molecule has 0 saturated heterocycles. The van der Waals surface area contributed by atoms with Gasteiger partial charge in [-0.05, 0) is 43.3 Å². The predicted molar refractivity (Wildman–Crippen MR) is 111 cm³/mol. The summed E-state index contributed by atoms with van der Waals surface area (Å²) in [6, 6.07) is 21.1. The van der Waals surface area contributed by atoms with Crippen molar-refractivity contribution in [3.05, 3.63) is 89.6 Å². The Morgan fingerprint density at radius 1 is 0.690 bits per heavy atom. The summed E-state index contributed by atoms with van der Waals surface area (Å²) in [6.07, 6.45) is 0. The minimum atomic E-state index is -0.342. The third-order valence-electron chi connectivity index (χ3n) is 4.21. The molecule has 0 aliphatic rings. The molecular weight excluding hydrogens is 366 g/mol. The monoisotopic (exact) mass is 383 g/mol. The van der Waals surface area contributed by atoms with Gasteiger partial charge in [-0.25, -0.2) is 9.97 Å². The first kappa shape index (κ1) is 18.2. The smallest absolute Gasteiger partial charge is 0.258 e. The van der Waals surface area contributed by atoms with Gasteiger partial charge in [0.1, 0.15) is 5.52 Å². The normalized spacial score (nSPS) is 10.5. The molecule has 2 amide bonds. The number of nitrogens with one attached hydrogen (secondary N) is 2. The summed E-state index contributed by atoms with van der Waals surface area (Å²) in [5.74, 6) is -0.351. The zero-order valence-corrected chi connectivity index (χ0v) is 15.6. The number of rotatable bonds is 4. The molecule has 4 rings (SSSR count). The third kappa shape index (κ3) is 4.08. The number of hydrogen-bond donors (Lipinski definition) is 2. The number of benzene rings is 2. The standard InChI is InChI=1S/C22H17N5O2/c1-14-12-13-17-18(23-14)19(25-20(28)15-8-4-2-5-9-15)26-22(24-17)27-21(29)16-10-6-3-7-11-16/h2-13H,1H3,(H2,24,25,26,27,28,29). The summed E-state index contributed by atoms with van der Waals surface area (Å²) in [5.41, 5.74) is 2.69. The Bertz CT molecular complexity index is 1190. The lowest BCUT2D eigenvalue weighted by Crippen LogP contribution is -2.17. The van der Waals surface area contributed by atoms with Crippen molar-refractivity contribution in [2.45, 2.75) is 6.92 Å². The molecule has 142 valence electrons. The second-order valence-electron chi connectivity index (χ2n) is 6.36. The lowest BCUT2D eigenvalue weighted by atomic mass is 10.2. The van der Waals surface area contributed by atoms with Crippen molar-refractivity contribution >= 4 is 34.6 Å². The average Bonchev–Trinajstić information content (AvgIpc) is 2.75. The van der Waals surface area contributed by atoms with Crippen LogP contribution in [0.4, 0.5) is 11.8 Å². The molecular formula is C22H17N5O2. The lowest BCUT2D eigenvalue weighted by Gasteiger charge is -2.11. The Labute approximate surface area is 166 Å². The Morgan fingerprint density at radius 2 is 1.28 bits per heavy atom. The van der Waals surface area contributed by atoms with Crippen LogP contribution >= 0.6 is 0 Å². The first-order valence-corrected chi connectivity index (χ1v) is 8.98. The first-order chi connectivity index (χ1) is 14.1. The lowest BCUT2D eigenvalue weighted by molar-refractivity contribution is 0.101. The maximum Gasteiger partial charge on any atom is 0.258 e. The molecule has 0 aliphatic heterocycles. The van der Waals surface area contributed by atoms with E-state index in [-0.39, 0.29) is 23.6 Å². The number of nitrogens with zero attached hydrogens (tertiary/aromatic N) is 3. The molecule has 0 unspecified atom stereocenters. The van der Waals surface area contributed by atoms with Gasteiger partial charge in [-0.1, -0.05) is 36.4 Å². The summed E-state index contributed by atoms with van der Waals surface area (Å²) in [5, 5.41) is 5.46. The Hall–Kier alpha value is -4.13. The van der Waals surface area contributed by atoms with Crippen LogP contribution in [0.1, 0.15) is 26.4 Å². The van der Waals surface area contributed by atoms with E-state index < -0.39 is 0 Å². The van der Waals surface area contributed by atoms with Gasteiger partial charge in [0.05, 0.1) is 5.52 Å². The Balaban J connectivity index is 1.70. The molecule has 0 aliphatic carbocycles. The highest BCUT2D eigenvalue weighted by atomic mass is 16.2. The van der Waals surface area contributed by atoms with E-state index >= 15 is 0 Å². The second kappa shape index (κ2) is 7.85. The van der Waals surface area contributed by atoms with E-state index in [4.69, 9.17) is 0 Å². The topological polar surface area (TPSA) is 96.9 Å². The summed E-state index contributed by atoms with van der Waals surface area (Å²) >= 11 is 0. The van der Waals surface area contributed by atoms with Gasteiger partial charge >= 0.3 is 0 Å². The zero-order valence-electron chi connectivity index (χ0n) is 15.6. The van der Waals surface area contributed by atoms with Crippen LogP contribution in [0.15, 0.2) is 72.8 Å². The van der Waals surface area contributed by atoms with E-state index in [0.29, 0.717) is 22.2 Å². The molecule has 2 N–H and O–H groups in total. The molecule has 7 heteroatoms. The van der Waals surface area contributed by atoms with E-state index in [9.17, 15) is 9.59 Å². The van der Waals surface area contributed by atoms with Gasteiger partial charge in [-0.3, -0.25) is 14.9 Å². The van der Waals surface area contributed by atoms with Crippen LogP contribution < -0.4 is 10.6 Å². The number of amides is 2. The van der Waals surface area contributed by atoms with Crippen molar-refractivity contribution in [1.29, 1.82) is 0 Å². The molecule has 29 heavy (non-hydrogen) atoms. The first-order valence-electron chi connectivity index (χ1n) is 8.98. The number of pyridine rings is 1. The fraction of sp³-hybridized carbons (Fsp3) is 0.0455. The summed E-state index contributed by atoms with van der Waals surface area (Å²) in [7, 11) is 0. The highest BCUT2D eigenvalue weighted by Crippen LogP contribution is 2.21. The van der Waals surface area contributed by atoms with Gasteiger partial charge in [0, 0.05) is 16.8 Å². The average molecular weight is 383 g/mol.